The highest BCUT2D eigenvalue weighted by atomic mass is 32.2. The Morgan fingerprint density at radius 3 is 2.55 bits per heavy atom. The number of fused-ring (bicyclic) bond motifs is 1. The molecular formula is C18H17NS. The highest BCUT2D eigenvalue weighted by Gasteiger charge is 2.15. The number of hydrogen-bond acceptors (Lipinski definition) is 2. The third-order valence-electron chi connectivity index (χ3n) is 3.32. The number of hydrogen-bond donors (Lipinski definition) is 0. The summed E-state index contributed by atoms with van der Waals surface area (Å²) >= 11 is 1.78. The van der Waals surface area contributed by atoms with E-state index in [4.69, 9.17) is 4.99 Å². The number of benzene rings is 2. The summed E-state index contributed by atoms with van der Waals surface area (Å²) in [6.45, 7) is 4.26. The van der Waals surface area contributed by atoms with Gasteiger partial charge in [0.2, 0.25) is 0 Å². The van der Waals surface area contributed by atoms with Crippen LogP contribution in [0.4, 0.5) is 0 Å². The lowest BCUT2D eigenvalue weighted by Crippen LogP contribution is -1.99. The summed E-state index contributed by atoms with van der Waals surface area (Å²) in [7, 11) is 0. The van der Waals surface area contributed by atoms with Crippen LogP contribution in [0.1, 0.15) is 30.0 Å². The van der Waals surface area contributed by atoms with Crippen LogP contribution in [-0.4, -0.2) is 5.04 Å². The molecule has 0 aromatic heterocycles. The minimum Gasteiger partial charge on any atom is -0.246 e. The Kier molecular flexibility index (Phi) is 3.75. The summed E-state index contributed by atoms with van der Waals surface area (Å²) in [5.41, 5.74) is 4.78. The lowest BCUT2D eigenvalue weighted by molar-refractivity contribution is 1.28. The number of rotatable bonds is 2. The molecule has 0 unspecified atom stereocenters. The molecule has 0 spiro atoms. The van der Waals surface area contributed by atoms with Gasteiger partial charge in [-0.3, -0.25) is 0 Å². The molecule has 1 aliphatic heterocycles. The Bertz CT molecular complexity index is 681. The summed E-state index contributed by atoms with van der Waals surface area (Å²) in [5.74, 6) is 0. The molecule has 1 aliphatic rings. The molecule has 1 heterocycles. The van der Waals surface area contributed by atoms with Crippen LogP contribution in [0.5, 0.6) is 0 Å². The minimum atomic E-state index is 0.976. The number of aliphatic imine (C=N–C) groups is 1. The fourth-order valence-corrected chi connectivity index (χ4v) is 3.16. The van der Waals surface area contributed by atoms with E-state index in [1.807, 2.05) is 0 Å². The van der Waals surface area contributed by atoms with Crippen molar-refractivity contribution >= 4 is 28.6 Å². The lowest BCUT2D eigenvalue weighted by Gasteiger charge is -2.17. The summed E-state index contributed by atoms with van der Waals surface area (Å²) in [4.78, 5) is 6.10. The van der Waals surface area contributed by atoms with Crippen molar-refractivity contribution in [3.8, 4) is 0 Å². The molecular weight excluding hydrogens is 262 g/mol. The van der Waals surface area contributed by atoms with Gasteiger partial charge in [-0.1, -0.05) is 66.7 Å². The maximum Gasteiger partial charge on any atom is 0.0783 e. The molecule has 0 fully saturated rings. The van der Waals surface area contributed by atoms with E-state index in [1.165, 1.54) is 26.6 Å². The van der Waals surface area contributed by atoms with E-state index < -0.39 is 0 Å². The average Bonchev–Trinajstić information content (AvgIpc) is 2.49. The molecule has 0 atom stereocenters. The summed E-state index contributed by atoms with van der Waals surface area (Å²) in [6, 6.07) is 17.1. The molecule has 20 heavy (non-hydrogen) atoms. The molecule has 3 rings (SSSR count). The summed E-state index contributed by atoms with van der Waals surface area (Å²) < 4.78 is 0. The smallest absolute Gasteiger partial charge is 0.0783 e. The van der Waals surface area contributed by atoms with Gasteiger partial charge in [0.1, 0.15) is 0 Å². The van der Waals surface area contributed by atoms with Crippen molar-refractivity contribution < 1.29 is 0 Å². The maximum absolute atomic E-state index is 4.80. The molecule has 0 radical (unpaired) electrons. The SMILES string of the molecule is CCC1=N/C(=C/c2ccc(C)cc2)c2ccccc2S1. The number of aryl methyl sites for hydroxylation is 1. The molecule has 100 valence electrons. The summed E-state index contributed by atoms with van der Waals surface area (Å²) in [6.07, 6.45) is 3.15. The minimum absolute atomic E-state index is 0.976. The van der Waals surface area contributed by atoms with Crippen molar-refractivity contribution in [2.45, 2.75) is 25.2 Å². The standard InChI is InChI=1S/C18H17NS/c1-3-18-19-16(12-14-10-8-13(2)9-11-14)15-6-4-5-7-17(15)20-18/h4-12H,3H2,1-2H3/b16-12+. The maximum atomic E-state index is 4.80. The predicted octanol–water partition coefficient (Wildman–Crippen LogP) is 5.41. The van der Waals surface area contributed by atoms with Crippen LogP contribution >= 0.6 is 11.8 Å². The van der Waals surface area contributed by atoms with E-state index in [-0.39, 0.29) is 0 Å². The van der Waals surface area contributed by atoms with E-state index >= 15 is 0 Å². The van der Waals surface area contributed by atoms with E-state index in [2.05, 4.69) is 68.5 Å². The van der Waals surface area contributed by atoms with Crippen molar-refractivity contribution in [3.05, 3.63) is 65.2 Å². The zero-order valence-corrected chi connectivity index (χ0v) is 12.6. The van der Waals surface area contributed by atoms with Gasteiger partial charge in [-0.05, 0) is 31.1 Å². The Balaban J connectivity index is 2.07. The molecule has 2 aromatic carbocycles. The molecule has 0 saturated heterocycles. The van der Waals surface area contributed by atoms with Crippen LogP contribution in [-0.2, 0) is 0 Å². The first kappa shape index (κ1) is 13.2. The van der Waals surface area contributed by atoms with E-state index in [0.717, 1.165) is 12.1 Å². The van der Waals surface area contributed by atoms with Crippen molar-refractivity contribution in [2.75, 3.05) is 0 Å². The zero-order chi connectivity index (χ0) is 13.9. The monoisotopic (exact) mass is 279 g/mol. The first-order valence-corrected chi connectivity index (χ1v) is 7.71. The molecule has 2 heteroatoms. The van der Waals surface area contributed by atoms with Crippen LogP contribution in [0.2, 0.25) is 0 Å². The normalized spacial score (nSPS) is 15.9. The van der Waals surface area contributed by atoms with E-state index in [0.29, 0.717) is 0 Å². The highest BCUT2D eigenvalue weighted by Crippen LogP contribution is 2.37. The largest absolute Gasteiger partial charge is 0.246 e. The quantitative estimate of drug-likeness (QED) is 0.716. The third-order valence-corrected chi connectivity index (χ3v) is 4.51. The van der Waals surface area contributed by atoms with Gasteiger partial charge in [-0.25, -0.2) is 4.99 Å². The van der Waals surface area contributed by atoms with Gasteiger partial charge in [-0.2, -0.15) is 0 Å². The summed E-state index contributed by atoms with van der Waals surface area (Å²) in [5, 5.41) is 1.18. The van der Waals surface area contributed by atoms with Crippen molar-refractivity contribution in [2.24, 2.45) is 4.99 Å². The zero-order valence-electron chi connectivity index (χ0n) is 11.8. The number of thioether (sulfide) groups is 1. The first-order valence-electron chi connectivity index (χ1n) is 6.89. The van der Waals surface area contributed by atoms with Crippen LogP contribution < -0.4 is 0 Å². The lowest BCUT2D eigenvalue weighted by atomic mass is 10.1. The van der Waals surface area contributed by atoms with E-state index in [1.54, 1.807) is 11.8 Å². The van der Waals surface area contributed by atoms with Gasteiger partial charge in [0.25, 0.3) is 0 Å². The molecule has 0 amide bonds. The predicted molar refractivity (Wildman–Crippen MR) is 89.1 cm³/mol. The molecule has 0 aliphatic carbocycles. The third kappa shape index (κ3) is 2.70. The fraction of sp³-hybridized carbons (Fsp3) is 0.167. The second kappa shape index (κ2) is 5.68. The van der Waals surface area contributed by atoms with Gasteiger partial charge in [-0.15, -0.1) is 0 Å². The van der Waals surface area contributed by atoms with Gasteiger partial charge < -0.3 is 0 Å². The molecule has 2 aromatic rings. The Morgan fingerprint density at radius 2 is 1.80 bits per heavy atom. The van der Waals surface area contributed by atoms with Crippen LogP contribution in [0.3, 0.4) is 0 Å². The Hall–Kier alpha value is -1.80. The average molecular weight is 279 g/mol. The van der Waals surface area contributed by atoms with Crippen molar-refractivity contribution in [1.82, 2.24) is 0 Å². The Labute approximate surface area is 124 Å². The van der Waals surface area contributed by atoms with Gasteiger partial charge in [0, 0.05) is 10.5 Å². The molecule has 0 N–H and O–H groups in total. The van der Waals surface area contributed by atoms with Gasteiger partial charge in [0.05, 0.1) is 10.7 Å². The second-order valence-corrected chi connectivity index (χ2v) is 6.01. The van der Waals surface area contributed by atoms with Crippen molar-refractivity contribution in [1.29, 1.82) is 0 Å². The second-order valence-electron chi connectivity index (χ2n) is 4.90. The number of nitrogens with zero attached hydrogens (tertiary/aromatic N) is 1. The first-order chi connectivity index (χ1) is 9.76. The molecule has 0 saturated carbocycles. The van der Waals surface area contributed by atoms with Gasteiger partial charge >= 0.3 is 0 Å². The molecule has 1 nitrogen and oxygen atoms in total. The van der Waals surface area contributed by atoms with E-state index in [9.17, 15) is 0 Å². The Morgan fingerprint density at radius 1 is 1.05 bits per heavy atom. The van der Waals surface area contributed by atoms with Crippen LogP contribution in [0.15, 0.2) is 58.4 Å². The fourth-order valence-electron chi connectivity index (χ4n) is 2.19. The van der Waals surface area contributed by atoms with Crippen LogP contribution in [0.25, 0.3) is 11.8 Å². The molecule has 0 bridgehead atoms. The van der Waals surface area contributed by atoms with Crippen molar-refractivity contribution in [3.63, 3.8) is 0 Å². The topological polar surface area (TPSA) is 12.4 Å². The van der Waals surface area contributed by atoms with Crippen LogP contribution in [0, 0.1) is 6.92 Å². The highest BCUT2D eigenvalue weighted by molar-refractivity contribution is 8.14. The van der Waals surface area contributed by atoms with Gasteiger partial charge in [0.15, 0.2) is 0 Å².